The fourth-order valence-corrected chi connectivity index (χ4v) is 3.86. The van der Waals surface area contributed by atoms with Gasteiger partial charge in [0.2, 0.25) is 10.0 Å². The molecule has 5 nitrogen and oxygen atoms in total. The maximum atomic E-state index is 13.1. The van der Waals surface area contributed by atoms with Crippen molar-refractivity contribution in [3.63, 3.8) is 0 Å². The maximum absolute atomic E-state index is 13.1. The van der Waals surface area contributed by atoms with Crippen molar-refractivity contribution in [3.8, 4) is 5.75 Å². The topological polar surface area (TPSA) is 67.4 Å². The predicted octanol–water partition coefficient (Wildman–Crippen LogP) is 1.58. The van der Waals surface area contributed by atoms with Crippen molar-refractivity contribution in [1.29, 1.82) is 0 Å². The van der Waals surface area contributed by atoms with E-state index in [1.807, 2.05) is 0 Å². The summed E-state index contributed by atoms with van der Waals surface area (Å²) in [6.07, 6.45) is 1.70. The first-order valence-electron chi connectivity index (χ1n) is 6.55. The third kappa shape index (κ3) is 4.08. The Kier molecular flexibility index (Phi) is 4.82. The lowest BCUT2D eigenvalue weighted by atomic mass is 10.0. The van der Waals surface area contributed by atoms with Gasteiger partial charge in [-0.3, -0.25) is 4.72 Å². The van der Waals surface area contributed by atoms with Crippen LogP contribution in [0.4, 0.5) is 10.1 Å². The number of sulfonamides is 1. The Morgan fingerprint density at radius 1 is 1.40 bits per heavy atom. The summed E-state index contributed by atoms with van der Waals surface area (Å²) >= 11 is 0. The first-order valence-corrected chi connectivity index (χ1v) is 8.20. The highest BCUT2D eigenvalue weighted by Gasteiger charge is 2.22. The molecule has 1 aliphatic heterocycles. The van der Waals surface area contributed by atoms with Crippen molar-refractivity contribution in [3.05, 3.63) is 24.0 Å². The molecule has 1 fully saturated rings. The quantitative estimate of drug-likeness (QED) is 0.866. The summed E-state index contributed by atoms with van der Waals surface area (Å²) in [6.45, 7) is 1.69. The Morgan fingerprint density at radius 3 is 2.75 bits per heavy atom. The van der Waals surface area contributed by atoms with Crippen molar-refractivity contribution in [1.82, 2.24) is 5.32 Å². The van der Waals surface area contributed by atoms with Crippen LogP contribution in [0.1, 0.15) is 12.8 Å². The minimum Gasteiger partial charge on any atom is -0.494 e. The zero-order valence-electron chi connectivity index (χ0n) is 11.4. The number of methoxy groups -OCH3 is 1. The summed E-state index contributed by atoms with van der Waals surface area (Å²) in [5.74, 6) is -0.0582. The zero-order chi connectivity index (χ0) is 14.6. The van der Waals surface area contributed by atoms with E-state index in [4.69, 9.17) is 4.74 Å². The average Bonchev–Trinajstić information content (AvgIpc) is 2.41. The number of piperidine rings is 1. The zero-order valence-corrected chi connectivity index (χ0v) is 12.2. The number of hydrogen-bond acceptors (Lipinski definition) is 4. The molecule has 0 bridgehead atoms. The molecule has 0 radical (unpaired) electrons. The molecule has 1 aromatic carbocycles. The Hall–Kier alpha value is -1.34. The fraction of sp³-hybridized carbons (Fsp3) is 0.538. The SMILES string of the molecule is COc1cc(F)ccc1NS(=O)(=O)CC1CCNCC1. The van der Waals surface area contributed by atoms with Gasteiger partial charge in [-0.15, -0.1) is 0 Å². The van der Waals surface area contributed by atoms with Gasteiger partial charge in [0.05, 0.1) is 18.6 Å². The smallest absolute Gasteiger partial charge is 0.233 e. The first-order chi connectivity index (χ1) is 9.50. The van der Waals surface area contributed by atoms with Gasteiger partial charge < -0.3 is 10.1 Å². The molecule has 0 aliphatic carbocycles. The molecule has 112 valence electrons. The third-order valence-electron chi connectivity index (χ3n) is 3.34. The highest BCUT2D eigenvalue weighted by molar-refractivity contribution is 7.92. The van der Waals surface area contributed by atoms with Crippen LogP contribution < -0.4 is 14.8 Å². The first kappa shape index (κ1) is 15.1. The Morgan fingerprint density at radius 2 is 2.10 bits per heavy atom. The lowest BCUT2D eigenvalue weighted by Gasteiger charge is -2.22. The standard InChI is InChI=1S/C13H19FN2O3S/c1-19-13-8-11(14)2-3-12(13)16-20(17,18)9-10-4-6-15-7-5-10/h2-3,8,10,15-16H,4-7,9H2,1H3. The minimum absolute atomic E-state index is 0.0786. The molecule has 0 saturated carbocycles. The molecule has 20 heavy (non-hydrogen) atoms. The van der Waals surface area contributed by atoms with Crippen LogP contribution in [0.15, 0.2) is 18.2 Å². The molecular weight excluding hydrogens is 283 g/mol. The molecule has 1 saturated heterocycles. The van der Waals surface area contributed by atoms with Crippen molar-refractivity contribution in [2.45, 2.75) is 12.8 Å². The van der Waals surface area contributed by atoms with Crippen LogP contribution in [0, 0.1) is 11.7 Å². The molecular formula is C13H19FN2O3S. The van der Waals surface area contributed by atoms with E-state index in [1.54, 1.807) is 0 Å². The summed E-state index contributed by atoms with van der Waals surface area (Å²) in [4.78, 5) is 0. The van der Waals surface area contributed by atoms with Crippen LogP contribution in [0.25, 0.3) is 0 Å². The molecule has 0 amide bonds. The number of nitrogens with one attached hydrogen (secondary N) is 2. The van der Waals surface area contributed by atoms with Gasteiger partial charge in [0.15, 0.2) is 0 Å². The molecule has 2 rings (SSSR count). The van der Waals surface area contributed by atoms with Gasteiger partial charge in [-0.1, -0.05) is 0 Å². The van der Waals surface area contributed by atoms with E-state index in [1.165, 1.54) is 19.2 Å². The molecule has 0 atom stereocenters. The highest BCUT2D eigenvalue weighted by Crippen LogP contribution is 2.26. The normalized spacial score (nSPS) is 16.9. The van der Waals surface area contributed by atoms with E-state index in [9.17, 15) is 12.8 Å². The number of halogens is 1. The van der Waals surface area contributed by atoms with E-state index < -0.39 is 15.8 Å². The second kappa shape index (κ2) is 6.41. The maximum Gasteiger partial charge on any atom is 0.233 e. The van der Waals surface area contributed by atoms with Crippen LogP contribution in [0.5, 0.6) is 5.75 Å². The van der Waals surface area contributed by atoms with Crippen LogP contribution in [0.2, 0.25) is 0 Å². The average molecular weight is 302 g/mol. The molecule has 1 aromatic rings. The third-order valence-corrected chi connectivity index (χ3v) is 4.78. The van der Waals surface area contributed by atoms with Crippen molar-refractivity contribution in [2.75, 3.05) is 30.7 Å². The lowest BCUT2D eigenvalue weighted by Crippen LogP contribution is -2.33. The Balaban J connectivity index is 2.07. The van der Waals surface area contributed by atoms with Crippen LogP contribution in [-0.2, 0) is 10.0 Å². The van der Waals surface area contributed by atoms with E-state index in [0.29, 0.717) is 0 Å². The molecule has 0 spiro atoms. The number of benzene rings is 1. The molecule has 2 N–H and O–H groups in total. The van der Waals surface area contributed by atoms with Crippen molar-refractivity contribution in [2.24, 2.45) is 5.92 Å². The molecule has 1 aliphatic rings. The number of ether oxygens (including phenoxy) is 1. The van der Waals surface area contributed by atoms with Gasteiger partial charge >= 0.3 is 0 Å². The second-order valence-corrected chi connectivity index (χ2v) is 6.69. The van der Waals surface area contributed by atoms with E-state index in [0.717, 1.165) is 32.0 Å². The molecule has 0 unspecified atom stereocenters. The van der Waals surface area contributed by atoms with Gasteiger partial charge in [-0.2, -0.15) is 0 Å². The van der Waals surface area contributed by atoms with Crippen LogP contribution in [-0.4, -0.2) is 34.4 Å². The largest absolute Gasteiger partial charge is 0.494 e. The van der Waals surface area contributed by atoms with Crippen molar-refractivity contribution >= 4 is 15.7 Å². The molecule has 1 heterocycles. The summed E-state index contributed by atoms with van der Waals surface area (Å²) in [5, 5.41) is 3.20. The lowest BCUT2D eigenvalue weighted by molar-refractivity contribution is 0.401. The Labute approximate surface area is 118 Å². The van der Waals surface area contributed by atoms with Gasteiger partial charge in [0.25, 0.3) is 0 Å². The van der Waals surface area contributed by atoms with Gasteiger partial charge in [-0.05, 0) is 44.0 Å². The summed E-state index contributed by atoms with van der Waals surface area (Å²) in [6, 6.07) is 3.72. The van der Waals surface area contributed by atoms with Crippen LogP contribution >= 0.6 is 0 Å². The number of hydrogen-bond donors (Lipinski definition) is 2. The summed E-state index contributed by atoms with van der Waals surface area (Å²) in [7, 11) is -2.09. The highest BCUT2D eigenvalue weighted by atomic mass is 32.2. The van der Waals surface area contributed by atoms with E-state index in [2.05, 4.69) is 10.0 Å². The summed E-state index contributed by atoms with van der Waals surface area (Å²) < 4.78 is 44.8. The second-order valence-electron chi connectivity index (χ2n) is 4.92. The minimum atomic E-state index is -3.46. The van der Waals surface area contributed by atoms with Gasteiger partial charge in [0, 0.05) is 6.07 Å². The number of anilines is 1. The Bertz CT molecular complexity index is 557. The molecule has 7 heteroatoms. The summed E-state index contributed by atoms with van der Waals surface area (Å²) in [5.41, 5.74) is 0.267. The predicted molar refractivity (Wildman–Crippen MR) is 76.0 cm³/mol. The monoisotopic (exact) mass is 302 g/mol. The van der Waals surface area contributed by atoms with Gasteiger partial charge in [0.1, 0.15) is 11.6 Å². The molecule has 0 aromatic heterocycles. The fourth-order valence-electron chi connectivity index (χ4n) is 2.32. The van der Waals surface area contributed by atoms with Gasteiger partial charge in [-0.25, -0.2) is 12.8 Å². The number of rotatable bonds is 5. The van der Waals surface area contributed by atoms with E-state index >= 15 is 0 Å². The van der Waals surface area contributed by atoms with Crippen molar-refractivity contribution < 1.29 is 17.5 Å². The van der Waals surface area contributed by atoms with E-state index in [-0.39, 0.29) is 23.1 Å². The van der Waals surface area contributed by atoms with Crippen LogP contribution in [0.3, 0.4) is 0 Å².